The third kappa shape index (κ3) is 2.91. The van der Waals surface area contributed by atoms with E-state index in [0.717, 1.165) is 4.43 Å². The average molecular weight is 294 g/mol. The Hall–Kier alpha value is -0.160. The van der Waals surface area contributed by atoms with Crippen molar-refractivity contribution in [2.45, 2.75) is 13.0 Å². The molecule has 1 nitrogen and oxygen atoms in total. The quantitative estimate of drug-likeness (QED) is 0.611. The Morgan fingerprint density at radius 2 is 2.15 bits per heavy atom. The Labute approximate surface area is 91.4 Å². The molecule has 0 radical (unpaired) electrons. The molecule has 0 aliphatic heterocycles. The maximum atomic E-state index is 13.3. The fourth-order valence-corrected chi connectivity index (χ4v) is 1.88. The predicted molar refractivity (Wildman–Crippen MR) is 59.7 cm³/mol. The van der Waals surface area contributed by atoms with Gasteiger partial charge in [-0.25, -0.2) is 4.39 Å². The monoisotopic (exact) mass is 294 g/mol. The molecule has 1 aromatic carbocycles. The van der Waals surface area contributed by atoms with Gasteiger partial charge in [-0.05, 0) is 13.0 Å². The van der Waals surface area contributed by atoms with Crippen LogP contribution in [0.3, 0.4) is 0 Å². The molecule has 0 aliphatic carbocycles. The van der Waals surface area contributed by atoms with E-state index in [0.29, 0.717) is 12.2 Å². The van der Waals surface area contributed by atoms with Crippen molar-refractivity contribution in [2.75, 3.05) is 11.0 Å². The molecule has 0 saturated heterocycles. The molecule has 0 N–H and O–H groups in total. The van der Waals surface area contributed by atoms with Crippen LogP contribution in [0.2, 0.25) is 0 Å². The molecule has 0 bridgehead atoms. The zero-order valence-electron chi connectivity index (χ0n) is 7.47. The van der Waals surface area contributed by atoms with Gasteiger partial charge in [0.25, 0.3) is 0 Å². The van der Waals surface area contributed by atoms with Crippen LogP contribution in [-0.2, 0) is 4.74 Å². The predicted octanol–water partition coefficient (Wildman–Crippen LogP) is 3.34. The van der Waals surface area contributed by atoms with E-state index in [1.54, 1.807) is 12.1 Å². The summed E-state index contributed by atoms with van der Waals surface area (Å²) in [6.07, 6.45) is -0.119. The van der Waals surface area contributed by atoms with E-state index in [-0.39, 0.29) is 11.9 Å². The molecule has 1 atom stereocenters. The molecule has 13 heavy (non-hydrogen) atoms. The first-order valence-electron chi connectivity index (χ1n) is 4.21. The van der Waals surface area contributed by atoms with Gasteiger partial charge in [-0.3, -0.25) is 0 Å². The van der Waals surface area contributed by atoms with Crippen molar-refractivity contribution >= 4 is 22.6 Å². The van der Waals surface area contributed by atoms with Crippen LogP contribution in [0.15, 0.2) is 24.3 Å². The largest absolute Gasteiger partial charge is 0.373 e. The van der Waals surface area contributed by atoms with Crippen molar-refractivity contribution in [3.05, 3.63) is 35.6 Å². The van der Waals surface area contributed by atoms with Gasteiger partial charge in [0, 0.05) is 16.6 Å². The first-order chi connectivity index (χ1) is 6.29. The second-order valence-electron chi connectivity index (χ2n) is 2.62. The summed E-state index contributed by atoms with van der Waals surface area (Å²) in [6.45, 7) is 2.53. The summed E-state index contributed by atoms with van der Waals surface area (Å²) in [5.41, 5.74) is 0.652. The lowest BCUT2D eigenvalue weighted by Gasteiger charge is -2.14. The smallest absolute Gasteiger partial charge is 0.129 e. The molecule has 0 spiro atoms. The van der Waals surface area contributed by atoms with Crippen LogP contribution in [0.1, 0.15) is 18.6 Å². The summed E-state index contributed by atoms with van der Waals surface area (Å²) in [7, 11) is 0. The van der Waals surface area contributed by atoms with Gasteiger partial charge < -0.3 is 4.74 Å². The Balaban J connectivity index is 2.84. The number of ether oxygens (including phenoxy) is 1. The first-order valence-corrected chi connectivity index (χ1v) is 5.74. The van der Waals surface area contributed by atoms with E-state index < -0.39 is 0 Å². The third-order valence-electron chi connectivity index (χ3n) is 1.76. The molecule has 0 aliphatic rings. The molecule has 72 valence electrons. The molecule has 0 heterocycles. The highest BCUT2D eigenvalue weighted by atomic mass is 127. The van der Waals surface area contributed by atoms with Crippen molar-refractivity contribution in [3.8, 4) is 0 Å². The van der Waals surface area contributed by atoms with Crippen LogP contribution >= 0.6 is 22.6 Å². The summed E-state index contributed by atoms with van der Waals surface area (Å²) in [5.74, 6) is -0.183. The molecule has 1 unspecified atom stereocenters. The van der Waals surface area contributed by atoms with E-state index in [1.807, 2.05) is 13.0 Å². The van der Waals surface area contributed by atoms with Gasteiger partial charge in [0.15, 0.2) is 0 Å². The summed E-state index contributed by atoms with van der Waals surface area (Å²) in [5, 5.41) is 0. The molecule has 1 aromatic rings. The lowest BCUT2D eigenvalue weighted by atomic mass is 10.1. The standard InChI is InChI=1S/C10H12FIO/c1-2-13-10(7-12)8-5-3-4-6-9(8)11/h3-6,10H,2,7H2,1H3. The number of hydrogen-bond donors (Lipinski definition) is 0. The van der Waals surface area contributed by atoms with Gasteiger partial charge in [-0.1, -0.05) is 40.8 Å². The Kier molecular flexibility index (Phi) is 4.66. The molecular weight excluding hydrogens is 282 g/mol. The molecule has 0 amide bonds. The van der Waals surface area contributed by atoms with E-state index in [1.165, 1.54) is 6.07 Å². The Morgan fingerprint density at radius 3 is 2.69 bits per heavy atom. The van der Waals surface area contributed by atoms with Crippen LogP contribution < -0.4 is 0 Å². The van der Waals surface area contributed by atoms with Crippen LogP contribution in [0.5, 0.6) is 0 Å². The minimum Gasteiger partial charge on any atom is -0.373 e. The Bertz CT molecular complexity index is 265. The summed E-state index contributed by atoms with van der Waals surface area (Å²) in [6, 6.07) is 6.76. The summed E-state index contributed by atoms with van der Waals surface area (Å²) >= 11 is 2.20. The number of hydrogen-bond acceptors (Lipinski definition) is 1. The number of benzene rings is 1. The van der Waals surface area contributed by atoms with E-state index in [4.69, 9.17) is 4.74 Å². The second kappa shape index (κ2) is 5.54. The van der Waals surface area contributed by atoms with Crippen LogP contribution in [0.4, 0.5) is 4.39 Å². The minimum absolute atomic E-state index is 0.119. The van der Waals surface area contributed by atoms with Crippen molar-refractivity contribution < 1.29 is 9.13 Å². The average Bonchev–Trinajstić information content (AvgIpc) is 2.16. The van der Waals surface area contributed by atoms with Crippen LogP contribution in [-0.4, -0.2) is 11.0 Å². The third-order valence-corrected chi connectivity index (χ3v) is 2.56. The maximum absolute atomic E-state index is 13.3. The molecule has 1 rings (SSSR count). The first kappa shape index (κ1) is 10.9. The number of alkyl halides is 1. The Morgan fingerprint density at radius 1 is 1.46 bits per heavy atom. The van der Waals surface area contributed by atoms with Gasteiger partial charge in [0.1, 0.15) is 5.82 Å². The number of halogens is 2. The highest BCUT2D eigenvalue weighted by Gasteiger charge is 2.13. The molecule has 0 saturated carbocycles. The second-order valence-corrected chi connectivity index (χ2v) is 3.50. The fourth-order valence-electron chi connectivity index (χ4n) is 1.15. The van der Waals surface area contributed by atoms with Gasteiger partial charge in [0.2, 0.25) is 0 Å². The van der Waals surface area contributed by atoms with Crippen molar-refractivity contribution in [2.24, 2.45) is 0 Å². The highest BCUT2D eigenvalue weighted by molar-refractivity contribution is 14.1. The zero-order chi connectivity index (χ0) is 9.68. The van der Waals surface area contributed by atoms with Crippen molar-refractivity contribution in [3.63, 3.8) is 0 Å². The van der Waals surface area contributed by atoms with E-state index in [9.17, 15) is 4.39 Å². The van der Waals surface area contributed by atoms with Crippen LogP contribution in [0, 0.1) is 5.82 Å². The van der Waals surface area contributed by atoms with Gasteiger partial charge in [-0.2, -0.15) is 0 Å². The van der Waals surface area contributed by atoms with Gasteiger partial charge >= 0.3 is 0 Å². The van der Waals surface area contributed by atoms with Crippen LogP contribution in [0.25, 0.3) is 0 Å². The lowest BCUT2D eigenvalue weighted by molar-refractivity contribution is 0.0793. The van der Waals surface area contributed by atoms with Crippen molar-refractivity contribution in [1.82, 2.24) is 0 Å². The minimum atomic E-state index is -0.183. The number of rotatable bonds is 4. The zero-order valence-corrected chi connectivity index (χ0v) is 9.62. The highest BCUT2D eigenvalue weighted by Crippen LogP contribution is 2.22. The summed E-state index contributed by atoms with van der Waals surface area (Å²) < 4.78 is 19.4. The van der Waals surface area contributed by atoms with Gasteiger partial charge in [0.05, 0.1) is 6.10 Å². The van der Waals surface area contributed by atoms with Crippen molar-refractivity contribution in [1.29, 1.82) is 0 Å². The fraction of sp³-hybridized carbons (Fsp3) is 0.400. The topological polar surface area (TPSA) is 9.23 Å². The maximum Gasteiger partial charge on any atom is 0.129 e. The molecule has 0 aromatic heterocycles. The summed E-state index contributed by atoms with van der Waals surface area (Å²) in [4.78, 5) is 0. The normalized spacial score (nSPS) is 12.8. The SMILES string of the molecule is CCOC(CI)c1ccccc1F. The van der Waals surface area contributed by atoms with E-state index >= 15 is 0 Å². The van der Waals surface area contributed by atoms with Gasteiger partial charge in [-0.15, -0.1) is 0 Å². The molecular formula is C10H12FIO. The molecule has 3 heteroatoms. The lowest BCUT2D eigenvalue weighted by Crippen LogP contribution is -2.07. The molecule has 0 fully saturated rings. The van der Waals surface area contributed by atoms with E-state index in [2.05, 4.69) is 22.6 Å².